The number of carbonyl (C=O) groups is 1. The second-order valence-electron chi connectivity index (χ2n) is 8.01. The van der Waals surface area contributed by atoms with E-state index >= 15 is 0 Å². The standard InChI is InChI=1S/C27H23ClFN3O5S/c1-3-31-26(33)24(38-27(31)30-20-9-7-19(29)8-10-20)15-18-13-22(28)25(23(14-18)36-4-2)37-16-17-5-11-21(12-6-17)32(34)35/h5-15H,3-4,16H2,1-2H3/b24-15+,30-27?. The fourth-order valence-corrected chi connectivity index (χ4v) is 4.93. The molecule has 4 rings (SSSR count). The lowest BCUT2D eigenvalue weighted by molar-refractivity contribution is -0.384. The maximum Gasteiger partial charge on any atom is 0.269 e. The van der Waals surface area contributed by atoms with Gasteiger partial charge in [-0.15, -0.1) is 0 Å². The summed E-state index contributed by atoms with van der Waals surface area (Å²) in [5.41, 5.74) is 1.89. The molecule has 0 aliphatic carbocycles. The van der Waals surface area contributed by atoms with Crippen LogP contribution < -0.4 is 9.47 Å². The molecule has 0 radical (unpaired) electrons. The number of nitro groups is 1. The Hall–Kier alpha value is -3.89. The number of non-ortho nitro benzene ring substituents is 1. The van der Waals surface area contributed by atoms with Crippen LogP contribution in [0.5, 0.6) is 11.5 Å². The molecular formula is C27H23ClFN3O5S. The predicted molar refractivity (Wildman–Crippen MR) is 146 cm³/mol. The fraction of sp³-hybridized carbons (Fsp3) is 0.185. The van der Waals surface area contributed by atoms with E-state index in [2.05, 4.69) is 4.99 Å². The minimum Gasteiger partial charge on any atom is -0.490 e. The molecule has 196 valence electrons. The Labute approximate surface area is 227 Å². The van der Waals surface area contributed by atoms with Crippen LogP contribution in [0.25, 0.3) is 6.08 Å². The van der Waals surface area contributed by atoms with Gasteiger partial charge in [0.25, 0.3) is 11.6 Å². The first-order chi connectivity index (χ1) is 18.3. The SMILES string of the molecule is CCOc1cc(/C=C2/SC(=Nc3ccc(F)cc3)N(CC)C2=O)cc(Cl)c1OCc1ccc([N+](=O)[O-])cc1. The van der Waals surface area contributed by atoms with Crippen molar-refractivity contribution >= 4 is 51.9 Å². The third kappa shape index (κ3) is 6.32. The van der Waals surface area contributed by atoms with Crippen LogP contribution in [0.15, 0.2) is 70.6 Å². The molecule has 1 heterocycles. The van der Waals surface area contributed by atoms with Crippen LogP contribution in [0, 0.1) is 15.9 Å². The van der Waals surface area contributed by atoms with Crippen LogP contribution in [0.1, 0.15) is 25.0 Å². The topological polar surface area (TPSA) is 94.3 Å². The lowest BCUT2D eigenvalue weighted by atomic mass is 10.1. The first kappa shape index (κ1) is 27.2. The van der Waals surface area contributed by atoms with E-state index in [1.165, 1.54) is 36.0 Å². The highest BCUT2D eigenvalue weighted by atomic mass is 35.5. The first-order valence-corrected chi connectivity index (χ1v) is 12.9. The van der Waals surface area contributed by atoms with E-state index in [-0.39, 0.29) is 29.0 Å². The second-order valence-corrected chi connectivity index (χ2v) is 9.42. The number of hydrogen-bond donors (Lipinski definition) is 0. The number of carbonyl (C=O) groups excluding carboxylic acids is 1. The molecule has 0 atom stereocenters. The van der Waals surface area contributed by atoms with Gasteiger partial charge in [0.1, 0.15) is 12.4 Å². The van der Waals surface area contributed by atoms with Crippen LogP contribution in [0.2, 0.25) is 5.02 Å². The van der Waals surface area contributed by atoms with E-state index in [0.29, 0.717) is 46.0 Å². The Morgan fingerprint density at radius 3 is 2.45 bits per heavy atom. The molecule has 11 heteroatoms. The van der Waals surface area contributed by atoms with Gasteiger partial charge in [0.05, 0.1) is 27.1 Å². The van der Waals surface area contributed by atoms with Gasteiger partial charge in [-0.05, 0) is 91.3 Å². The Bertz CT molecular complexity index is 1410. The number of amidine groups is 1. The molecule has 8 nitrogen and oxygen atoms in total. The number of likely N-dealkylation sites (N-methyl/N-ethyl adjacent to an activating group) is 1. The summed E-state index contributed by atoms with van der Waals surface area (Å²) < 4.78 is 24.9. The van der Waals surface area contributed by atoms with Gasteiger partial charge in [-0.2, -0.15) is 0 Å². The number of benzene rings is 3. The average molecular weight is 556 g/mol. The molecular weight excluding hydrogens is 533 g/mol. The second kappa shape index (κ2) is 12.1. The van der Waals surface area contributed by atoms with Crippen molar-refractivity contribution in [1.29, 1.82) is 0 Å². The third-order valence-corrected chi connectivity index (χ3v) is 6.70. The number of aliphatic imine (C=N–C) groups is 1. The fourth-order valence-electron chi connectivity index (χ4n) is 3.59. The summed E-state index contributed by atoms with van der Waals surface area (Å²) in [6.45, 7) is 4.58. The average Bonchev–Trinajstić information content (AvgIpc) is 3.18. The molecule has 0 spiro atoms. The summed E-state index contributed by atoms with van der Waals surface area (Å²) in [4.78, 5) is 30.0. The Morgan fingerprint density at radius 2 is 1.82 bits per heavy atom. The van der Waals surface area contributed by atoms with Crippen molar-refractivity contribution in [2.24, 2.45) is 4.99 Å². The Kier molecular flexibility index (Phi) is 8.65. The molecule has 1 aliphatic heterocycles. The van der Waals surface area contributed by atoms with Crippen molar-refractivity contribution in [3.63, 3.8) is 0 Å². The molecule has 1 aliphatic rings. The van der Waals surface area contributed by atoms with Crippen LogP contribution in [-0.4, -0.2) is 34.0 Å². The number of nitro benzene ring substituents is 1. The van der Waals surface area contributed by atoms with Gasteiger partial charge in [0.2, 0.25) is 0 Å². The predicted octanol–water partition coefficient (Wildman–Crippen LogP) is 6.99. The van der Waals surface area contributed by atoms with Crippen molar-refractivity contribution in [3.8, 4) is 11.5 Å². The molecule has 1 amide bonds. The van der Waals surface area contributed by atoms with E-state index in [9.17, 15) is 19.3 Å². The monoisotopic (exact) mass is 555 g/mol. The maximum atomic E-state index is 13.3. The number of thioether (sulfide) groups is 1. The van der Waals surface area contributed by atoms with E-state index < -0.39 is 4.92 Å². The minimum atomic E-state index is -0.466. The van der Waals surface area contributed by atoms with Crippen molar-refractivity contribution in [2.75, 3.05) is 13.2 Å². The zero-order valence-corrected chi connectivity index (χ0v) is 22.1. The number of ether oxygens (including phenoxy) is 2. The van der Waals surface area contributed by atoms with Gasteiger partial charge in [0, 0.05) is 18.7 Å². The number of nitrogens with zero attached hydrogens (tertiary/aromatic N) is 3. The molecule has 0 unspecified atom stereocenters. The molecule has 0 N–H and O–H groups in total. The highest BCUT2D eigenvalue weighted by Gasteiger charge is 2.32. The van der Waals surface area contributed by atoms with Gasteiger partial charge in [0.15, 0.2) is 16.7 Å². The molecule has 1 saturated heterocycles. The summed E-state index contributed by atoms with van der Waals surface area (Å²) in [5, 5.41) is 11.6. The Morgan fingerprint density at radius 1 is 1.11 bits per heavy atom. The number of hydrogen-bond acceptors (Lipinski definition) is 7. The van der Waals surface area contributed by atoms with Crippen molar-refractivity contribution in [1.82, 2.24) is 4.90 Å². The largest absolute Gasteiger partial charge is 0.490 e. The molecule has 1 fully saturated rings. The summed E-state index contributed by atoms with van der Waals surface area (Å²) in [6, 6.07) is 15.2. The summed E-state index contributed by atoms with van der Waals surface area (Å²) in [7, 11) is 0. The lowest BCUT2D eigenvalue weighted by Gasteiger charge is -2.15. The quantitative estimate of drug-likeness (QED) is 0.160. The summed E-state index contributed by atoms with van der Waals surface area (Å²) in [6.07, 6.45) is 1.71. The summed E-state index contributed by atoms with van der Waals surface area (Å²) in [5.74, 6) is 0.162. The van der Waals surface area contributed by atoms with Gasteiger partial charge in [-0.25, -0.2) is 9.38 Å². The van der Waals surface area contributed by atoms with Crippen molar-refractivity contribution in [2.45, 2.75) is 20.5 Å². The van der Waals surface area contributed by atoms with Crippen LogP contribution >= 0.6 is 23.4 Å². The molecule has 0 aromatic heterocycles. The van der Waals surface area contributed by atoms with E-state index in [0.717, 1.165) is 5.56 Å². The van der Waals surface area contributed by atoms with E-state index in [1.807, 2.05) is 13.8 Å². The normalized spacial score (nSPS) is 15.4. The minimum absolute atomic E-state index is 0.00832. The molecule has 3 aromatic carbocycles. The van der Waals surface area contributed by atoms with Gasteiger partial charge in [-0.3, -0.25) is 19.8 Å². The van der Waals surface area contributed by atoms with Crippen LogP contribution in [0.3, 0.4) is 0 Å². The van der Waals surface area contributed by atoms with Crippen molar-refractivity contribution < 1.29 is 23.6 Å². The van der Waals surface area contributed by atoms with E-state index in [1.54, 1.807) is 47.4 Å². The maximum absolute atomic E-state index is 13.3. The number of amides is 1. The highest BCUT2D eigenvalue weighted by molar-refractivity contribution is 8.18. The van der Waals surface area contributed by atoms with Gasteiger partial charge < -0.3 is 9.47 Å². The zero-order chi connectivity index (χ0) is 27.2. The molecule has 38 heavy (non-hydrogen) atoms. The number of rotatable bonds is 9. The highest BCUT2D eigenvalue weighted by Crippen LogP contribution is 2.40. The third-order valence-electron chi connectivity index (χ3n) is 5.42. The van der Waals surface area contributed by atoms with Crippen molar-refractivity contribution in [3.05, 3.63) is 97.6 Å². The van der Waals surface area contributed by atoms with Crippen LogP contribution in [0.4, 0.5) is 15.8 Å². The zero-order valence-electron chi connectivity index (χ0n) is 20.5. The Balaban J connectivity index is 1.58. The van der Waals surface area contributed by atoms with Crippen LogP contribution in [-0.2, 0) is 11.4 Å². The molecule has 3 aromatic rings. The summed E-state index contributed by atoms with van der Waals surface area (Å²) >= 11 is 7.77. The first-order valence-electron chi connectivity index (χ1n) is 11.7. The lowest BCUT2D eigenvalue weighted by Crippen LogP contribution is -2.28. The van der Waals surface area contributed by atoms with Gasteiger partial charge in [-0.1, -0.05) is 11.6 Å². The van der Waals surface area contributed by atoms with E-state index in [4.69, 9.17) is 21.1 Å². The number of halogens is 2. The van der Waals surface area contributed by atoms with Gasteiger partial charge >= 0.3 is 0 Å². The molecule has 0 saturated carbocycles. The molecule has 0 bridgehead atoms. The smallest absolute Gasteiger partial charge is 0.269 e.